The van der Waals surface area contributed by atoms with Crippen molar-refractivity contribution < 1.29 is 15.1 Å². The molecule has 0 aliphatic heterocycles. The van der Waals surface area contributed by atoms with Crippen LogP contribution in [0.4, 0.5) is 4.79 Å². The summed E-state index contributed by atoms with van der Waals surface area (Å²) < 4.78 is 0. The molecule has 0 fully saturated rings. The normalized spacial score (nSPS) is 11.1. The van der Waals surface area contributed by atoms with Crippen molar-refractivity contribution in [1.29, 1.82) is 0 Å². The molecular weight excluding hydrogens is 304 g/mol. The minimum absolute atomic E-state index is 0.115. The molecule has 0 saturated heterocycles. The average Bonchev–Trinajstić information content (AvgIpc) is 2.60. The van der Waals surface area contributed by atoms with E-state index >= 15 is 0 Å². The molecule has 0 radical (unpaired) electrons. The fraction of sp³-hybridized carbons (Fsp3) is 0.316. The SMILES string of the molecule is C[C@@H](NCCCN(O)C(=O)O)c1ccccc1.Cc1ccccc1. The van der Waals surface area contributed by atoms with Crippen molar-refractivity contribution in [2.24, 2.45) is 0 Å². The fourth-order valence-electron chi connectivity index (χ4n) is 2.04. The molecule has 5 nitrogen and oxygen atoms in total. The topological polar surface area (TPSA) is 72.8 Å². The lowest BCUT2D eigenvalue weighted by Gasteiger charge is -2.15. The van der Waals surface area contributed by atoms with Gasteiger partial charge in [-0.05, 0) is 32.4 Å². The quantitative estimate of drug-likeness (QED) is 0.424. The van der Waals surface area contributed by atoms with Crippen molar-refractivity contribution in [3.63, 3.8) is 0 Å². The van der Waals surface area contributed by atoms with E-state index < -0.39 is 6.09 Å². The third-order valence-electron chi connectivity index (χ3n) is 3.46. The van der Waals surface area contributed by atoms with Gasteiger partial charge in [-0.1, -0.05) is 66.2 Å². The van der Waals surface area contributed by atoms with Crippen molar-refractivity contribution in [3.8, 4) is 0 Å². The molecule has 3 N–H and O–H groups in total. The molecule has 130 valence electrons. The van der Waals surface area contributed by atoms with E-state index in [4.69, 9.17) is 10.3 Å². The summed E-state index contributed by atoms with van der Waals surface area (Å²) in [7, 11) is 0. The summed E-state index contributed by atoms with van der Waals surface area (Å²) >= 11 is 0. The molecule has 24 heavy (non-hydrogen) atoms. The van der Waals surface area contributed by atoms with Crippen LogP contribution in [0.2, 0.25) is 0 Å². The molecule has 2 aromatic rings. The molecule has 2 aromatic carbocycles. The summed E-state index contributed by atoms with van der Waals surface area (Å²) in [6.07, 6.45) is -0.749. The molecule has 0 aliphatic carbocycles. The Hall–Kier alpha value is -2.37. The Bertz CT molecular complexity index is 576. The Labute approximate surface area is 143 Å². The zero-order valence-corrected chi connectivity index (χ0v) is 14.2. The lowest BCUT2D eigenvalue weighted by Crippen LogP contribution is -2.29. The highest BCUT2D eigenvalue weighted by atomic mass is 16.6. The van der Waals surface area contributed by atoms with Crippen LogP contribution in [0.15, 0.2) is 60.7 Å². The van der Waals surface area contributed by atoms with Crippen molar-refractivity contribution in [1.82, 2.24) is 10.4 Å². The number of carbonyl (C=O) groups is 1. The highest BCUT2D eigenvalue weighted by Crippen LogP contribution is 2.10. The van der Waals surface area contributed by atoms with E-state index in [9.17, 15) is 4.79 Å². The zero-order chi connectivity index (χ0) is 17.8. The second-order valence-corrected chi connectivity index (χ2v) is 5.50. The van der Waals surface area contributed by atoms with Gasteiger partial charge in [0, 0.05) is 6.04 Å². The van der Waals surface area contributed by atoms with Crippen LogP contribution in [0.3, 0.4) is 0 Å². The molecule has 1 amide bonds. The van der Waals surface area contributed by atoms with Crippen LogP contribution in [-0.4, -0.2) is 34.6 Å². The van der Waals surface area contributed by atoms with Gasteiger partial charge in [-0.15, -0.1) is 0 Å². The smallest absolute Gasteiger partial charge is 0.431 e. The minimum Gasteiger partial charge on any atom is -0.463 e. The molecule has 0 spiro atoms. The number of nitrogens with one attached hydrogen (secondary N) is 1. The van der Waals surface area contributed by atoms with Crippen LogP contribution in [0, 0.1) is 6.92 Å². The maximum atomic E-state index is 10.3. The molecule has 0 bridgehead atoms. The molecule has 0 unspecified atom stereocenters. The van der Waals surface area contributed by atoms with Gasteiger partial charge in [0.1, 0.15) is 0 Å². The maximum absolute atomic E-state index is 10.3. The van der Waals surface area contributed by atoms with E-state index in [1.807, 2.05) is 55.5 Å². The molecule has 0 heterocycles. The van der Waals surface area contributed by atoms with Gasteiger partial charge in [-0.25, -0.2) is 4.79 Å². The summed E-state index contributed by atoms with van der Waals surface area (Å²) in [6, 6.07) is 20.5. The lowest BCUT2D eigenvalue weighted by atomic mass is 10.1. The van der Waals surface area contributed by atoms with Gasteiger partial charge in [0.15, 0.2) is 0 Å². The number of rotatable bonds is 6. The number of carboxylic acid groups (broad SMARTS) is 1. The monoisotopic (exact) mass is 330 g/mol. The number of hydrogen-bond donors (Lipinski definition) is 3. The van der Waals surface area contributed by atoms with Gasteiger partial charge in [-0.2, -0.15) is 5.06 Å². The number of hydrogen-bond acceptors (Lipinski definition) is 3. The number of amides is 1. The van der Waals surface area contributed by atoms with E-state index in [0.717, 1.165) is 0 Å². The minimum atomic E-state index is -1.32. The molecule has 2 rings (SSSR count). The molecule has 0 aromatic heterocycles. The number of benzene rings is 2. The summed E-state index contributed by atoms with van der Waals surface area (Å²) in [4.78, 5) is 10.3. The second-order valence-electron chi connectivity index (χ2n) is 5.50. The van der Waals surface area contributed by atoms with E-state index in [1.54, 1.807) is 0 Å². The van der Waals surface area contributed by atoms with E-state index in [0.29, 0.717) is 18.0 Å². The third-order valence-corrected chi connectivity index (χ3v) is 3.46. The van der Waals surface area contributed by atoms with Gasteiger partial charge in [0.25, 0.3) is 0 Å². The molecule has 5 heteroatoms. The number of aryl methyl sites for hydroxylation is 1. The van der Waals surface area contributed by atoms with Crippen LogP contribution >= 0.6 is 0 Å². The third kappa shape index (κ3) is 8.31. The Balaban J connectivity index is 0.000000341. The van der Waals surface area contributed by atoms with Crippen molar-refractivity contribution >= 4 is 6.09 Å². The molecule has 0 aliphatic rings. The van der Waals surface area contributed by atoms with Gasteiger partial charge in [-0.3, -0.25) is 5.21 Å². The van der Waals surface area contributed by atoms with Gasteiger partial charge >= 0.3 is 6.09 Å². The first-order valence-electron chi connectivity index (χ1n) is 8.00. The Morgan fingerprint density at radius 1 is 1.08 bits per heavy atom. The van der Waals surface area contributed by atoms with Crippen molar-refractivity contribution in [3.05, 3.63) is 71.8 Å². The average molecular weight is 330 g/mol. The van der Waals surface area contributed by atoms with Crippen LogP contribution in [0.5, 0.6) is 0 Å². The Morgan fingerprint density at radius 3 is 2.08 bits per heavy atom. The Morgan fingerprint density at radius 2 is 1.62 bits per heavy atom. The van der Waals surface area contributed by atoms with Crippen LogP contribution in [0.25, 0.3) is 0 Å². The van der Waals surface area contributed by atoms with Crippen molar-refractivity contribution in [2.45, 2.75) is 26.3 Å². The summed E-state index contributed by atoms with van der Waals surface area (Å²) in [6.45, 7) is 4.90. The highest BCUT2D eigenvalue weighted by molar-refractivity contribution is 5.63. The first-order valence-corrected chi connectivity index (χ1v) is 8.00. The number of nitrogens with zero attached hydrogens (tertiary/aromatic N) is 1. The predicted octanol–water partition coefficient (Wildman–Crippen LogP) is 4.09. The predicted molar refractivity (Wildman–Crippen MR) is 95.2 cm³/mol. The van der Waals surface area contributed by atoms with Crippen molar-refractivity contribution in [2.75, 3.05) is 13.1 Å². The summed E-state index contributed by atoms with van der Waals surface area (Å²) in [5.41, 5.74) is 2.51. The highest BCUT2D eigenvalue weighted by Gasteiger charge is 2.07. The van der Waals surface area contributed by atoms with Crippen LogP contribution in [0.1, 0.15) is 30.5 Å². The molecule has 0 saturated carbocycles. The maximum Gasteiger partial charge on any atom is 0.431 e. The Kier molecular flexibility index (Phi) is 9.19. The second kappa shape index (κ2) is 11.2. The summed E-state index contributed by atoms with van der Waals surface area (Å²) in [5.74, 6) is 0. The van der Waals surface area contributed by atoms with Gasteiger partial charge in [0.2, 0.25) is 0 Å². The molecular formula is C19H26N2O3. The summed E-state index contributed by atoms with van der Waals surface area (Å²) in [5, 5.41) is 20.9. The lowest BCUT2D eigenvalue weighted by molar-refractivity contribution is -0.0640. The van der Waals surface area contributed by atoms with E-state index in [1.165, 1.54) is 11.1 Å². The van der Waals surface area contributed by atoms with E-state index in [-0.39, 0.29) is 12.6 Å². The first-order chi connectivity index (χ1) is 11.5. The zero-order valence-electron chi connectivity index (χ0n) is 14.2. The van der Waals surface area contributed by atoms with Gasteiger partial charge < -0.3 is 10.4 Å². The van der Waals surface area contributed by atoms with Gasteiger partial charge in [0.05, 0.1) is 6.54 Å². The standard InChI is InChI=1S/C12H18N2O3.C7H8/c1-10(11-6-3-2-4-7-11)13-8-5-9-14(17)12(15)16;1-7-5-3-2-4-6-7/h2-4,6-7,10,13,17H,5,8-9H2,1H3,(H,15,16);2-6H,1H3/t10-;/m1./s1. The largest absolute Gasteiger partial charge is 0.463 e. The van der Waals surface area contributed by atoms with Crippen LogP contribution in [-0.2, 0) is 0 Å². The number of hydroxylamine groups is 2. The molecule has 1 atom stereocenters. The fourth-order valence-corrected chi connectivity index (χ4v) is 2.04. The first kappa shape index (κ1) is 19.7. The van der Waals surface area contributed by atoms with Crippen LogP contribution < -0.4 is 5.32 Å². The van der Waals surface area contributed by atoms with E-state index in [2.05, 4.69) is 24.4 Å².